The molecule has 0 saturated heterocycles. The molecular formula is C21H19N5O4. The van der Waals surface area contributed by atoms with Gasteiger partial charge in [0.25, 0.3) is 11.5 Å². The summed E-state index contributed by atoms with van der Waals surface area (Å²) >= 11 is 0. The van der Waals surface area contributed by atoms with Crippen LogP contribution >= 0.6 is 0 Å². The van der Waals surface area contributed by atoms with Crippen LogP contribution in [0.5, 0.6) is 5.75 Å². The molecule has 4 aromatic rings. The molecule has 3 aromatic heterocycles. The fourth-order valence-corrected chi connectivity index (χ4v) is 3.31. The van der Waals surface area contributed by atoms with Crippen molar-refractivity contribution in [1.29, 1.82) is 0 Å². The van der Waals surface area contributed by atoms with Crippen molar-refractivity contribution >= 4 is 39.9 Å². The molecule has 1 aromatic carbocycles. The summed E-state index contributed by atoms with van der Waals surface area (Å²) in [6, 6.07) is 11.7. The molecule has 0 aliphatic carbocycles. The van der Waals surface area contributed by atoms with Crippen molar-refractivity contribution in [1.82, 2.24) is 14.0 Å². The Balaban J connectivity index is 1.76. The molecule has 2 N–H and O–H groups in total. The highest BCUT2D eigenvalue weighted by Crippen LogP contribution is 2.28. The van der Waals surface area contributed by atoms with Gasteiger partial charge < -0.3 is 19.9 Å². The Hall–Kier alpha value is -4.14. The van der Waals surface area contributed by atoms with E-state index in [0.29, 0.717) is 33.8 Å². The highest BCUT2D eigenvalue weighted by atomic mass is 16.5. The van der Waals surface area contributed by atoms with Gasteiger partial charge in [-0.05, 0) is 36.4 Å². The van der Waals surface area contributed by atoms with Crippen LogP contribution in [0, 0.1) is 0 Å². The van der Waals surface area contributed by atoms with Gasteiger partial charge in [-0.1, -0.05) is 6.07 Å². The monoisotopic (exact) mass is 405 g/mol. The second kappa shape index (κ2) is 7.36. The predicted octanol–water partition coefficient (Wildman–Crippen LogP) is 2.41. The van der Waals surface area contributed by atoms with Crippen molar-refractivity contribution in [2.75, 3.05) is 17.7 Å². The number of pyridine rings is 1. The number of fused-ring (bicyclic) bond motifs is 2. The number of ether oxygens (including phenoxy) is 1. The summed E-state index contributed by atoms with van der Waals surface area (Å²) in [5, 5.41) is 5.78. The SMILES string of the molecule is COc1ccc(NC(C)=O)cc1NC(=O)c1cc2c(=O)n3ccccc3nc2n1C. The standard InChI is InChI=1S/C21H19N5O4/c1-12(27)22-13-7-8-17(30-3)15(10-13)23-20(28)16-11-14-19(25(16)2)24-18-6-4-5-9-26(18)21(14)29/h4-11H,1-3H3,(H,22,27)(H,23,28). The van der Waals surface area contributed by atoms with Crippen LogP contribution in [0.2, 0.25) is 0 Å². The van der Waals surface area contributed by atoms with E-state index in [0.717, 1.165) is 0 Å². The number of nitrogens with one attached hydrogen (secondary N) is 2. The minimum absolute atomic E-state index is 0.232. The molecular weight excluding hydrogens is 386 g/mol. The zero-order valence-electron chi connectivity index (χ0n) is 16.6. The Bertz CT molecular complexity index is 1370. The Morgan fingerprint density at radius 2 is 1.90 bits per heavy atom. The lowest BCUT2D eigenvalue weighted by Gasteiger charge is -2.12. The molecule has 0 aliphatic rings. The minimum atomic E-state index is -0.442. The normalized spacial score (nSPS) is 10.9. The Labute approximate surface area is 170 Å². The first-order chi connectivity index (χ1) is 14.4. The molecule has 0 radical (unpaired) electrons. The van der Waals surface area contributed by atoms with Crippen molar-refractivity contribution in [2.45, 2.75) is 6.92 Å². The number of anilines is 2. The Morgan fingerprint density at radius 1 is 1.10 bits per heavy atom. The number of carbonyl (C=O) groups excluding carboxylic acids is 2. The molecule has 0 atom stereocenters. The molecule has 0 unspecified atom stereocenters. The minimum Gasteiger partial charge on any atom is -0.495 e. The van der Waals surface area contributed by atoms with E-state index in [-0.39, 0.29) is 17.2 Å². The van der Waals surface area contributed by atoms with Crippen LogP contribution in [-0.2, 0) is 11.8 Å². The van der Waals surface area contributed by atoms with E-state index < -0.39 is 5.91 Å². The largest absolute Gasteiger partial charge is 0.495 e. The van der Waals surface area contributed by atoms with Crippen molar-refractivity contribution in [3.05, 3.63) is 64.7 Å². The van der Waals surface area contributed by atoms with Gasteiger partial charge in [-0.15, -0.1) is 0 Å². The lowest BCUT2D eigenvalue weighted by molar-refractivity contribution is -0.114. The molecule has 0 saturated carbocycles. The second-order valence-corrected chi connectivity index (χ2v) is 6.72. The molecule has 3 heterocycles. The van der Waals surface area contributed by atoms with Crippen LogP contribution in [0.15, 0.2) is 53.5 Å². The zero-order valence-corrected chi connectivity index (χ0v) is 16.6. The van der Waals surface area contributed by atoms with E-state index in [1.165, 1.54) is 24.5 Å². The van der Waals surface area contributed by atoms with Gasteiger partial charge in [-0.25, -0.2) is 4.98 Å². The summed E-state index contributed by atoms with van der Waals surface area (Å²) < 4.78 is 8.31. The van der Waals surface area contributed by atoms with Gasteiger partial charge in [0.15, 0.2) is 0 Å². The number of aromatic nitrogens is 3. The summed E-state index contributed by atoms with van der Waals surface area (Å²) in [5.41, 5.74) is 1.81. The summed E-state index contributed by atoms with van der Waals surface area (Å²) in [5.74, 6) is -0.243. The van der Waals surface area contributed by atoms with Gasteiger partial charge in [-0.2, -0.15) is 0 Å². The fraction of sp³-hybridized carbons (Fsp3) is 0.143. The maximum atomic E-state index is 13.0. The third-order valence-corrected chi connectivity index (χ3v) is 4.71. The molecule has 0 aliphatic heterocycles. The summed E-state index contributed by atoms with van der Waals surface area (Å²) in [6.07, 6.45) is 1.63. The smallest absolute Gasteiger partial charge is 0.272 e. The summed E-state index contributed by atoms with van der Waals surface area (Å²) in [7, 11) is 3.16. The molecule has 0 spiro atoms. The lowest BCUT2D eigenvalue weighted by Crippen LogP contribution is -2.17. The number of aryl methyl sites for hydroxylation is 1. The third-order valence-electron chi connectivity index (χ3n) is 4.71. The molecule has 30 heavy (non-hydrogen) atoms. The maximum absolute atomic E-state index is 13.0. The topological polar surface area (TPSA) is 107 Å². The highest BCUT2D eigenvalue weighted by Gasteiger charge is 2.19. The first-order valence-corrected chi connectivity index (χ1v) is 9.13. The molecule has 9 heteroatoms. The van der Waals surface area contributed by atoms with Crippen LogP contribution in [-0.4, -0.2) is 32.9 Å². The van der Waals surface area contributed by atoms with Crippen molar-refractivity contribution in [3.63, 3.8) is 0 Å². The highest BCUT2D eigenvalue weighted by molar-refractivity contribution is 6.07. The van der Waals surface area contributed by atoms with Crippen LogP contribution in [0.3, 0.4) is 0 Å². The van der Waals surface area contributed by atoms with E-state index in [2.05, 4.69) is 15.6 Å². The zero-order chi connectivity index (χ0) is 21.4. The van der Waals surface area contributed by atoms with Crippen LogP contribution < -0.4 is 20.9 Å². The fourth-order valence-electron chi connectivity index (χ4n) is 3.31. The Morgan fingerprint density at radius 3 is 2.63 bits per heavy atom. The average Bonchev–Trinajstić information content (AvgIpc) is 3.05. The number of nitrogens with zero attached hydrogens (tertiary/aromatic N) is 3. The number of hydrogen-bond acceptors (Lipinski definition) is 5. The van der Waals surface area contributed by atoms with Gasteiger partial charge in [0, 0.05) is 25.9 Å². The van der Waals surface area contributed by atoms with Crippen molar-refractivity contribution in [2.24, 2.45) is 7.05 Å². The molecule has 4 rings (SSSR count). The number of carbonyl (C=O) groups is 2. The third kappa shape index (κ3) is 3.26. The van der Waals surface area contributed by atoms with Crippen LogP contribution in [0.4, 0.5) is 11.4 Å². The van der Waals surface area contributed by atoms with E-state index in [1.807, 2.05) is 0 Å². The first kappa shape index (κ1) is 19.2. The number of hydrogen-bond donors (Lipinski definition) is 2. The average molecular weight is 405 g/mol. The second-order valence-electron chi connectivity index (χ2n) is 6.72. The van der Waals surface area contributed by atoms with Crippen molar-refractivity contribution < 1.29 is 14.3 Å². The van der Waals surface area contributed by atoms with Gasteiger partial charge in [0.2, 0.25) is 5.91 Å². The van der Waals surface area contributed by atoms with E-state index >= 15 is 0 Å². The number of methoxy groups -OCH3 is 1. The molecule has 0 bridgehead atoms. The van der Waals surface area contributed by atoms with Gasteiger partial charge in [-0.3, -0.25) is 18.8 Å². The van der Waals surface area contributed by atoms with Crippen LogP contribution in [0.25, 0.3) is 16.7 Å². The molecule has 152 valence electrons. The van der Waals surface area contributed by atoms with Gasteiger partial charge >= 0.3 is 0 Å². The number of benzene rings is 1. The maximum Gasteiger partial charge on any atom is 0.272 e. The van der Waals surface area contributed by atoms with Crippen LogP contribution in [0.1, 0.15) is 17.4 Å². The summed E-state index contributed by atoms with van der Waals surface area (Å²) in [6.45, 7) is 1.40. The van der Waals surface area contributed by atoms with Crippen molar-refractivity contribution in [3.8, 4) is 5.75 Å². The molecule has 0 fully saturated rings. The molecule has 9 nitrogen and oxygen atoms in total. The first-order valence-electron chi connectivity index (χ1n) is 9.13. The number of amides is 2. The van der Waals surface area contributed by atoms with E-state index in [1.54, 1.807) is 54.2 Å². The van der Waals surface area contributed by atoms with E-state index in [4.69, 9.17) is 4.74 Å². The summed E-state index contributed by atoms with van der Waals surface area (Å²) in [4.78, 5) is 41.6. The van der Waals surface area contributed by atoms with E-state index in [9.17, 15) is 14.4 Å². The van der Waals surface area contributed by atoms with Gasteiger partial charge in [0.05, 0.1) is 18.2 Å². The number of rotatable bonds is 4. The molecule has 2 amide bonds. The lowest BCUT2D eigenvalue weighted by atomic mass is 10.2. The Kier molecular flexibility index (Phi) is 4.71. The predicted molar refractivity (Wildman–Crippen MR) is 113 cm³/mol. The van der Waals surface area contributed by atoms with Gasteiger partial charge in [0.1, 0.15) is 22.7 Å². The quantitative estimate of drug-likeness (QED) is 0.542.